The molecule has 2 fully saturated rings. The van der Waals surface area contributed by atoms with Crippen LogP contribution < -0.4 is 19.7 Å². The van der Waals surface area contributed by atoms with E-state index >= 15 is 0 Å². The van der Waals surface area contributed by atoms with Crippen molar-refractivity contribution in [3.63, 3.8) is 0 Å². The van der Waals surface area contributed by atoms with Crippen LogP contribution >= 0.6 is 0 Å². The topological polar surface area (TPSA) is 50.8 Å². The van der Waals surface area contributed by atoms with Crippen LogP contribution in [0.1, 0.15) is 22.3 Å². The average Bonchev–Trinajstić information content (AvgIpc) is 3.13. The molecule has 0 saturated carbocycles. The lowest BCUT2D eigenvalue weighted by Crippen LogP contribution is -2.54. The third-order valence-corrected chi connectivity index (χ3v) is 5.56. The second kappa shape index (κ2) is 6.65. The largest absolute Gasteiger partial charge is 0.493 e. The van der Waals surface area contributed by atoms with Gasteiger partial charge < -0.3 is 19.7 Å². The Morgan fingerprint density at radius 1 is 1.04 bits per heavy atom. The molecule has 2 aromatic carbocycles. The van der Waals surface area contributed by atoms with Gasteiger partial charge in [-0.25, -0.2) is 0 Å². The highest BCUT2D eigenvalue weighted by atomic mass is 16.5. The van der Waals surface area contributed by atoms with Crippen molar-refractivity contribution in [1.29, 1.82) is 0 Å². The predicted molar refractivity (Wildman–Crippen MR) is 102 cm³/mol. The summed E-state index contributed by atoms with van der Waals surface area (Å²) in [5, 5.41) is 3.38. The monoisotopic (exact) mass is 352 g/mol. The van der Waals surface area contributed by atoms with Gasteiger partial charge in [0.15, 0.2) is 17.3 Å². The lowest BCUT2D eigenvalue weighted by atomic mass is 9.81. The molecular weight excluding hydrogens is 328 g/mol. The number of carbonyl (C=O) groups excluding carboxylic acids is 1. The molecule has 4 rings (SSSR count). The third kappa shape index (κ3) is 2.92. The van der Waals surface area contributed by atoms with Crippen molar-refractivity contribution >= 4 is 11.5 Å². The summed E-state index contributed by atoms with van der Waals surface area (Å²) in [4.78, 5) is 15.3. The van der Waals surface area contributed by atoms with E-state index in [0.29, 0.717) is 28.0 Å². The SMILES string of the molecule is COc1ccc(C(=O)c2cccc(N3CCC4(CNC4)C3)c2)cc1OC. The highest BCUT2D eigenvalue weighted by molar-refractivity contribution is 6.09. The van der Waals surface area contributed by atoms with Crippen LogP contribution in [0.25, 0.3) is 0 Å². The third-order valence-electron chi connectivity index (χ3n) is 5.56. The van der Waals surface area contributed by atoms with Gasteiger partial charge in [0, 0.05) is 48.4 Å². The smallest absolute Gasteiger partial charge is 0.193 e. The molecule has 2 aromatic rings. The molecule has 2 heterocycles. The summed E-state index contributed by atoms with van der Waals surface area (Å²) in [7, 11) is 3.16. The summed E-state index contributed by atoms with van der Waals surface area (Å²) in [6, 6.07) is 13.2. The molecule has 1 N–H and O–H groups in total. The van der Waals surface area contributed by atoms with E-state index in [1.165, 1.54) is 6.42 Å². The number of hydrogen-bond acceptors (Lipinski definition) is 5. The molecule has 26 heavy (non-hydrogen) atoms. The Balaban J connectivity index is 1.57. The van der Waals surface area contributed by atoms with E-state index < -0.39 is 0 Å². The van der Waals surface area contributed by atoms with E-state index in [0.717, 1.165) is 31.9 Å². The first-order chi connectivity index (χ1) is 12.6. The zero-order chi connectivity index (χ0) is 18.1. The van der Waals surface area contributed by atoms with Crippen molar-refractivity contribution in [1.82, 2.24) is 5.32 Å². The van der Waals surface area contributed by atoms with E-state index in [-0.39, 0.29) is 5.78 Å². The van der Waals surface area contributed by atoms with Gasteiger partial charge in [-0.15, -0.1) is 0 Å². The number of methoxy groups -OCH3 is 2. The lowest BCUT2D eigenvalue weighted by Gasteiger charge is -2.39. The maximum Gasteiger partial charge on any atom is 0.193 e. The van der Waals surface area contributed by atoms with Gasteiger partial charge in [-0.3, -0.25) is 4.79 Å². The van der Waals surface area contributed by atoms with Crippen molar-refractivity contribution in [2.45, 2.75) is 6.42 Å². The van der Waals surface area contributed by atoms with E-state index in [1.54, 1.807) is 32.4 Å². The molecule has 2 aliphatic heterocycles. The first kappa shape index (κ1) is 16.9. The van der Waals surface area contributed by atoms with Crippen molar-refractivity contribution in [2.24, 2.45) is 5.41 Å². The standard InChI is InChI=1S/C21H24N2O3/c1-25-18-7-6-16(11-19(18)26-2)20(24)15-4-3-5-17(10-15)23-9-8-21(14-23)12-22-13-21/h3-7,10-11,22H,8-9,12-14H2,1-2H3. The van der Waals surface area contributed by atoms with Crippen LogP contribution in [-0.4, -0.2) is 46.2 Å². The summed E-state index contributed by atoms with van der Waals surface area (Å²) in [5.74, 6) is 1.18. The Hall–Kier alpha value is -2.53. The first-order valence-corrected chi connectivity index (χ1v) is 8.97. The van der Waals surface area contributed by atoms with Crippen LogP contribution in [-0.2, 0) is 0 Å². The molecule has 0 amide bonds. The maximum atomic E-state index is 13.0. The van der Waals surface area contributed by atoms with Crippen molar-refractivity contribution < 1.29 is 14.3 Å². The van der Waals surface area contributed by atoms with Crippen molar-refractivity contribution in [3.8, 4) is 11.5 Å². The molecular formula is C21H24N2O3. The fourth-order valence-electron chi connectivity index (χ4n) is 3.91. The van der Waals surface area contributed by atoms with Crippen molar-refractivity contribution in [2.75, 3.05) is 45.3 Å². The number of nitrogens with one attached hydrogen (secondary N) is 1. The molecule has 0 aromatic heterocycles. The molecule has 0 bridgehead atoms. The number of nitrogens with zero attached hydrogens (tertiary/aromatic N) is 1. The molecule has 2 saturated heterocycles. The summed E-state index contributed by atoms with van der Waals surface area (Å²) in [6.45, 7) is 4.32. The zero-order valence-corrected chi connectivity index (χ0v) is 15.2. The summed E-state index contributed by atoms with van der Waals surface area (Å²) in [5.41, 5.74) is 2.85. The highest BCUT2D eigenvalue weighted by Gasteiger charge is 2.42. The van der Waals surface area contributed by atoms with Crippen LogP contribution in [0.15, 0.2) is 42.5 Å². The number of anilines is 1. The number of carbonyl (C=O) groups is 1. The maximum absolute atomic E-state index is 13.0. The Labute approximate surface area is 153 Å². The van der Waals surface area contributed by atoms with Crippen LogP contribution in [0.2, 0.25) is 0 Å². The van der Waals surface area contributed by atoms with Gasteiger partial charge in [-0.2, -0.15) is 0 Å². The summed E-state index contributed by atoms with van der Waals surface area (Å²) >= 11 is 0. The number of hydrogen-bond donors (Lipinski definition) is 1. The molecule has 1 spiro atoms. The van der Waals surface area contributed by atoms with Gasteiger partial charge >= 0.3 is 0 Å². The lowest BCUT2D eigenvalue weighted by molar-refractivity contribution is 0.103. The van der Waals surface area contributed by atoms with Gasteiger partial charge in [0.1, 0.15) is 0 Å². The number of ketones is 1. The molecule has 5 nitrogen and oxygen atoms in total. The fourth-order valence-corrected chi connectivity index (χ4v) is 3.91. The van der Waals surface area contributed by atoms with Crippen LogP contribution in [0.4, 0.5) is 5.69 Å². The Bertz CT molecular complexity index is 830. The fraction of sp³-hybridized carbons (Fsp3) is 0.381. The minimum absolute atomic E-state index is 0.00739. The minimum Gasteiger partial charge on any atom is -0.493 e. The first-order valence-electron chi connectivity index (χ1n) is 8.97. The second-order valence-corrected chi connectivity index (χ2v) is 7.22. The summed E-state index contributed by atoms with van der Waals surface area (Å²) < 4.78 is 10.6. The second-order valence-electron chi connectivity index (χ2n) is 7.22. The molecule has 0 radical (unpaired) electrons. The van der Waals surface area contributed by atoms with Crippen LogP contribution in [0, 0.1) is 5.41 Å². The highest BCUT2D eigenvalue weighted by Crippen LogP contribution is 2.37. The van der Waals surface area contributed by atoms with Gasteiger partial charge in [-0.05, 0) is 36.8 Å². The zero-order valence-electron chi connectivity index (χ0n) is 15.2. The van der Waals surface area contributed by atoms with Gasteiger partial charge in [-0.1, -0.05) is 12.1 Å². The molecule has 2 aliphatic rings. The van der Waals surface area contributed by atoms with Crippen molar-refractivity contribution in [3.05, 3.63) is 53.6 Å². The Kier molecular flexibility index (Phi) is 4.32. The van der Waals surface area contributed by atoms with E-state index in [2.05, 4.69) is 16.3 Å². The Morgan fingerprint density at radius 2 is 1.81 bits per heavy atom. The van der Waals surface area contributed by atoms with Gasteiger partial charge in [0.2, 0.25) is 0 Å². The average molecular weight is 352 g/mol. The number of benzene rings is 2. The molecule has 5 heteroatoms. The van der Waals surface area contributed by atoms with E-state index in [4.69, 9.17) is 9.47 Å². The van der Waals surface area contributed by atoms with Gasteiger partial charge in [0.05, 0.1) is 14.2 Å². The van der Waals surface area contributed by atoms with Crippen LogP contribution in [0.3, 0.4) is 0 Å². The molecule has 0 unspecified atom stereocenters. The normalized spacial score (nSPS) is 17.8. The molecule has 136 valence electrons. The summed E-state index contributed by atoms with van der Waals surface area (Å²) in [6.07, 6.45) is 1.22. The predicted octanol–water partition coefficient (Wildman–Crippen LogP) is 2.73. The number of rotatable bonds is 5. The van der Waals surface area contributed by atoms with Gasteiger partial charge in [0.25, 0.3) is 0 Å². The number of ether oxygens (including phenoxy) is 2. The molecule has 0 atom stereocenters. The minimum atomic E-state index is -0.00739. The van der Waals surface area contributed by atoms with Crippen LogP contribution in [0.5, 0.6) is 11.5 Å². The quantitative estimate of drug-likeness (QED) is 0.839. The molecule has 0 aliphatic carbocycles. The Morgan fingerprint density at radius 3 is 2.46 bits per heavy atom. The van der Waals surface area contributed by atoms with E-state index in [9.17, 15) is 4.79 Å². The van der Waals surface area contributed by atoms with E-state index in [1.807, 2.05) is 18.2 Å².